The van der Waals surface area contributed by atoms with E-state index in [1.807, 2.05) is 18.2 Å². The highest BCUT2D eigenvalue weighted by atomic mass is 32.2. The van der Waals surface area contributed by atoms with E-state index in [1.165, 1.54) is 18.2 Å². The molecular weight excluding hydrogens is 501 g/mol. The first-order valence-electron chi connectivity index (χ1n) is 10.9. The van der Waals surface area contributed by atoms with Gasteiger partial charge in [0.25, 0.3) is 5.91 Å². The fourth-order valence-electron chi connectivity index (χ4n) is 3.60. The number of aliphatic carboxylic acids is 1. The molecule has 3 aromatic rings. The summed E-state index contributed by atoms with van der Waals surface area (Å²) in [6.07, 6.45) is 1.75. The van der Waals surface area contributed by atoms with Crippen LogP contribution in [0.2, 0.25) is 0 Å². The van der Waals surface area contributed by atoms with E-state index in [0.29, 0.717) is 16.2 Å². The van der Waals surface area contributed by atoms with Crippen molar-refractivity contribution in [3.8, 4) is 5.75 Å². The van der Waals surface area contributed by atoms with Gasteiger partial charge in [0, 0.05) is 6.42 Å². The molecular formula is C27H20FNO5S2. The highest BCUT2D eigenvalue weighted by Crippen LogP contribution is 2.35. The molecule has 0 bridgehead atoms. The van der Waals surface area contributed by atoms with Crippen LogP contribution in [0.25, 0.3) is 6.08 Å². The molecule has 1 aliphatic heterocycles. The maximum atomic E-state index is 13.7. The molecule has 1 N–H and O–H groups in total. The lowest BCUT2D eigenvalue weighted by molar-refractivity contribution is -0.145. The Labute approximate surface area is 216 Å². The van der Waals surface area contributed by atoms with Crippen LogP contribution in [0.5, 0.6) is 5.75 Å². The van der Waals surface area contributed by atoms with E-state index in [0.717, 1.165) is 22.2 Å². The Balaban J connectivity index is 1.43. The van der Waals surface area contributed by atoms with Crippen molar-refractivity contribution in [1.82, 2.24) is 4.90 Å². The summed E-state index contributed by atoms with van der Waals surface area (Å²) in [5.74, 6) is -2.29. The molecule has 0 aliphatic carbocycles. The van der Waals surface area contributed by atoms with Gasteiger partial charge in [0.1, 0.15) is 21.9 Å². The van der Waals surface area contributed by atoms with E-state index in [1.54, 1.807) is 48.5 Å². The Morgan fingerprint density at radius 3 is 2.36 bits per heavy atom. The standard InChI is InChI=1S/C27H20FNO5S2/c28-21-9-5-4-8-20(21)23(30)16-34-19-12-10-18(11-13-19)15-24-25(31)29(27(35)36-24)22(26(32)33)14-17-6-2-1-3-7-17/h1-13,15,22H,14,16H2,(H,32,33)/b24-15-/t22-/m0/s1. The summed E-state index contributed by atoms with van der Waals surface area (Å²) < 4.78 is 19.4. The van der Waals surface area contributed by atoms with Gasteiger partial charge < -0.3 is 9.84 Å². The number of ether oxygens (including phenoxy) is 1. The van der Waals surface area contributed by atoms with Crippen molar-refractivity contribution < 1.29 is 28.6 Å². The lowest BCUT2D eigenvalue weighted by Crippen LogP contribution is -2.45. The predicted molar refractivity (Wildman–Crippen MR) is 139 cm³/mol. The molecule has 36 heavy (non-hydrogen) atoms. The van der Waals surface area contributed by atoms with Crippen LogP contribution in [0.15, 0.2) is 83.8 Å². The van der Waals surface area contributed by atoms with E-state index >= 15 is 0 Å². The van der Waals surface area contributed by atoms with Gasteiger partial charge in [-0.2, -0.15) is 0 Å². The molecule has 3 aromatic carbocycles. The lowest BCUT2D eigenvalue weighted by Gasteiger charge is -2.23. The molecule has 1 amide bonds. The predicted octanol–water partition coefficient (Wildman–Crippen LogP) is 4.98. The number of benzene rings is 3. The molecule has 1 atom stereocenters. The van der Waals surface area contributed by atoms with E-state index in [9.17, 15) is 23.9 Å². The van der Waals surface area contributed by atoms with Crippen LogP contribution in [0.4, 0.5) is 4.39 Å². The van der Waals surface area contributed by atoms with Crippen LogP contribution in [0.1, 0.15) is 21.5 Å². The second-order valence-electron chi connectivity index (χ2n) is 7.86. The molecule has 1 aliphatic rings. The summed E-state index contributed by atoms with van der Waals surface area (Å²) in [6, 6.07) is 20.2. The van der Waals surface area contributed by atoms with Crippen LogP contribution in [0, 0.1) is 5.82 Å². The molecule has 0 radical (unpaired) electrons. The maximum Gasteiger partial charge on any atom is 0.327 e. The minimum atomic E-state index is -1.14. The van der Waals surface area contributed by atoms with Crippen molar-refractivity contribution in [1.29, 1.82) is 0 Å². The smallest absolute Gasteiger partial charge is 0.327 e. The van der Waals surface area contributed by atoms with Crippen molar-refractivity contribution >= 4 is 52.0 Å². The van der Waals surface area contributed by atoms with E-state index in [4.69, 9.17) is 17.0 Å². The number of thioether (sulfide) groups is 1. The van der Waals surface area contributed by atoms with Gasteiger partial charge in [0.2, 0.25) is 5.78 Å². The second kappa shape index (κ2) is 11.3. The van der Waals surface area contributed by atoms with Crippen LogP contribution >= 0.6 is 24.0 Å². The van der Waals surface area contributed by atoms with Gasteiger partial charge >= 0.3 is 5.97 Å². The molecule has 1 fully saturated rings. The molecule has 0 saturated carbocycles. The number of hydrogen-bond donors (Lipinski definition) is 1. The summed E-state index contributed by atoms with van der Waals surface area (Å²) in [5, 5.41) is 9.77. The Morgan fingerprint density at radius 1 is 1.03 bits per heavy atom. The molecule has 4 rings (SSSR count). The number of carboxylic acid groups (broad SMARTS) is 1. The number of halogens is 1. The number of carboxylic acids is 1. The van der Waals surface area contributed by atoms with Gasteiger partial charge in [-0.05, 0) is 41.5 Å². The van der Waals surface area contributed by atoms with Gasteiger partial charge in [-0.25, -0.2) is 9.18 Å². The van der Waals surface area contributed by atoms with Crippen molar-refractivity contribution in [2.75, 3.05) is 6.61 Å². The van der Waals surface area contributed by atoms with Gasteiger partial charge in [-0.3, -0.25) is 14.5 Å². The average molecular weight is 522 g/mol. The minimum Gasteiger partial charge on any atom is -0.485 e. The van der Waals surface area contributed by atoms with Crippen LogP contribution in [0.3, 0.4) is 0 Å². The lowest BCUT2D eigenvalue weighted by atomic mass is 10.0. The zero-order valence-corrected chi connectivity index (χ0v) is 20.4. The highest BCUT2D eigenvalue weighted by Gasteiger charge is 2.40. The largest absolute Gasteiger partial charge is 0.485 e. The summed E-state index contributed by atoms with van der Waals surface area (Å²) in [5.41, 5.74) is 1.41. The Kier molecular flexibility index (Phi) is 7.92. The Morgan fingerprint density at radius 2 is 1.69 bits per heavy atom. The number of nitrogens with zero attached hydrogens (tertiary/aromatic N) is 1. The SMILES string of the molecule is O=C(COc1ccc(/C=C2\SC(=S)N([C@@H](Cc3ccccc3)C(=O)O)C2=O)cc1)c1ccccc1F. The average Bonchev–Trinajstić information content (AvgIpc) is 3.15. The molecule has 0 unspecified atom stereocenters. The first-order valence-corrected chi connectivity index (χ1v) is 12.1. The topological polar surface area (TPSA) is 83.9 Å². The summed E-state index contributed by atoms with van der Waals surface area (Å²) >= 11 is 6.38. The van der Waals surface area contributed by atoms with Gasteiger partial charge in [0.05, 0.1) is 10.5 Å². The van der Waals surface area contributed by atoms with Crippen molar-refractivity contribution in [3.05, 3.63) is 106 Å². The van der Waals surface area contributed by atoms with E-state index in [-0.39, 0.29) is 22.9 Å². The third-order valence-electron chi connectivity index (χ3n) is 5.41. The molecule has 1 saturated heterocycles. The quantitative estimate of drug-likeness (QED) is 0.241. The van der Waals surface area contributed by atoms with E-state index in [2.05, 4.69) is 0 Å². The van der Waals surface area contributed by atoms with Crippen molar-refractivity contribution in [3.63, 3.8) is 0 Å². The Bertz CT molecular complexity index is 1340. The summed E-state index contributed by atoms with van der Waals surface area (Å²) in [7, 11) is 0. The minimum absolute atomic E-state index is 0.0388. The van der Waals surface area contributed by atoms with Gasteiger partial charge in [-0.15, -0.1) is 0 Å². The molecule has 6 nitrogen and oxygen atoms in total. The normalized spacial score (nSPS) is 15.2. The monoisotopic (exact) mass is 521 g/mol. The van der Waals surface area contributed by atoms with Crippen molar-refractivity contribution in [2.24, 2.45) is 0 Å². The molecule has 182 valence electrons. The third kappa shape index (κ3) is 5.87. The van der Waals surface area contributed by atoms with Gasteiger partial charge in [0.15, 0.2) is 6.61 Å². The number of hydrogen-bond acceptors (Lipinski definition) is 6. The number of Topliss-reactive ketones (excluding diaryl/α,β-unsaturated/α-hetero) is 1. The first-order chi connectivity index (χ1) is 17.3. The first kappa shape index (κ1) is 25.3. The van der Waals surface area contributed by atoms with Crippen molar-refractivity contribution in [2.45, 2.75) is 12.5 Å². The molecule has 0 spiro atoms. The number of rotatable bonds is 9. The van der Waals surface area contributed by atoms with Crippen LogP contribution < -0.4 is 4.74 Å². The number of carbonyl (C=O) groups excluding carboxylic acids is 2. The molecule has 9 heteroatoms. The molecule has 1 heterocycles. The van der Waals surface area contributed by atoms with Crippen LogP contribution in [-0.4, -0.2) is 44.6 Å². The summed E-state index contributed by atoms with van der Waals surface area (Å²) in [6.45, 7) is -0.322. The third-order valence-corrected chi connectivity index (χ3v) is 6.74. The zero-order chi connectivity index (χ0) is 25.7. The van der Waals surface area contributed by atoms with Crippen LogP contribution in [-0.2, 0) is 16.0 Å². The fraction of sp³-hybridized carbons (Fsp3) is 0.111. The maximum absolute atomic E-state index is 13.7. The number of amides is 1. The number of carbonyl (C=O) groups is 3. The second-order valence-corrected chi connectivity index (χ2v) is 9.53. The number of thiocarbonyl (C=S) groups is 1. The Hall–Kier alpha value is -3.82. The number of ketones is 1. The summed E-state index contributed by atoms with van der Waals surface area (Å²) in [4.78, 5) is 38.7. The fourth-order valence-corrected chi connectivity index (χ4v) is 4.96. The van der Waals surface area contributed by atoms with E-state index < -0.39 is 29.5 Å². The zero-order valence-electron chi connectivity index (χ0n) is 18.8. The van der Waals surface area contributed by atoms with Gasteiger partial charge in [-0.1, -0.05) is 78.6 Å². The molecule has 0 aromatic heterocycles. The highest BCUT2D eigenvalue weighted by molar-refractivity contribution is 8.26.